The first-order valence-corrected chi connectivity index (χ1v) is 27.8. The monoisotopic (exact) mass is 1150 g/mol. The predicted molar refractivity (Wildman–Crippen MR) is 263 cm³/mol. The van der Waals surface area contributed by atoms with Crippen LogP contribution in [0.4, 0.5) is 0 Å². The quantitative estimate of drug-likeness (QED) is 0.0371. The summed E-state index contributed by atoms with van der Waals surface area (Å²) in [6.45, 7) is 4.69. The highest BCUT2D eigenvalue weighted by Crippen LogP contribution is 2.51. The van der Waals surface area contributed by atoms with E-state index in [9.17, 15) is 13.9 Å². The molecule has 31 heteroatoms. The van der Waals surface area contributed by atoms with Gasteiger partial charge in [-0.1, -0.05) is 0 Å². The summed E-state index contributed by atoms with van der Waals surface area (Å²) >= 11 is 0. The molecule has 76 heavy (non-hydrogen) atoms. The van der Waals surface area contributed by atoms with Gasteiger partial charge in [0.15, 0.2) is 0 Å². The van der Waals surface area contributed by atoms with E-state index in [-0.39, 0.29) is 231 Å². The number of carbonyl (C=O) groups is 1. The molecule has 0 bridgehead atoms. The summed E-state index contributed by atoms with van der Waals surface area (Å²) in [5.74, 6) is -0.599. The molecule has 0 aromatic heterocycles. The van der Waals surface area contributed by atoms with Gasteiger partial charge in [-0.2, -0.15) is 10.5 Å². The number of phosphoric ester groups is 2. The summed E-state index contributed by atoms with van der Waals surface area (Å²) in [5.41, 5.74) is -0.743. The van der Waals surface area contributed by atoms with Crippen molar-refractivity contribution in [3.63, 3.8) is 0 Å². The van der Waals surface area contributed by atoms with Crippen molar-refractivity contribution in [2.45, 2.75) is 57.5 Å². The molecule has 0 radical (unpaired) electrons. The lowest BCUT2D eigenvalue weighted by atomic mass is 10.2. The molecule has 0 saturated heterocycles. The molecule has 2 unspecified atom stereocenters. The predicted octanol–water partition coefficient (Wildman–Crippen LogP) is 0.762. The van der Waals surface area contributed by atoms with Crippen LogP contribution in [0.2, 0.25) is 0 Å². The molecule has 0 aromatic rings. The lowest BCUT2D eigenvalue weighted by Crippen LogP contribution is -2.32. The number of carbonyl (C=O) groups excluding carboxylic acids is 1. The van der Waals surface area contributed by atoms with Crippen LogP contribution in [0, 0.1) is 22.7 Å². The summed E-state index contributed by atoms with van der Waals surface area (Å²) in [6, 6.07) is 3.79. The molecule has 448 valence electrons. The molecule has 0 aliphatic heterocycles. The van der Waals surface area contributed by atoms with E-state index in [1.54, 1.807) is 20.8 Å². The van der Waals surface area contributed by atoms with Gasteiger partial charge in [-0.25, -0.2) is 13.9 Å². The van der Waals surface area contributed by atoms with Gasteiger partial charge in [-0.3, -0.25) is 27.1 Å². The van der Waals surface area contributed by atoms with Crippen LogP contribution in [0.3, 0.4) is 0 Å². The third-order valence-electron chi connectivity index (χ3n) is 8.29. The van der Waals surface area contributed by atoms with Crippen LogP contribution in [0.15, 0.2) is 0 Å². The van der Waals surface area contributed by atoms with Crippen molar-refractivity contribution in [3.05, 3.63) is 0 Å². The first-order valence-electron chi connectivity index (χ1n) is 24.9. The molecule has 0 aromatic carbocycles. The SMILES string of the molecule is CC(C)(C)OC(=O)COC(COCCOCCOP(=O)(OCCC#N)OC(COCCOCCO)COCCOCCO)COCCOCCOP(=O)(OCCC#N)OC(COCCOCCO)COCCOCCO. The minimum absolute atomic E-state index is 0.0209. The van der Waals surface area contributed by atoms with E-state index in [0.717, 1.165) is 0 Å². The van der Waals surface area contributed by atoms with E-state index in [1.165, 1.54) is 0 Å². The van der Waals surface area contributed by atoms with Crippen molar-refractivity contribution in [1.29, 1.82) is 10.5 Å². The van der Waals surface area contributed by atoms with Crippen molar-refractivity contribution in [2.75, 3.05) is 218 Å². The number of hydrogen-bond donors (Lipinski definition) is 4. The van der Waals surface area contributed by atoms with E-state index < -0.39 is 45.5 Å². The third-order valence-corrected chi connectivity index (χ3v) is 11.4. The average molecular weight is 1150 g/mol. The van der Waals surface area contributed by atoms with Gasteiger partial charge in [-0.15, -0.1) is 0 Å². The lowest BCUT2D eigenvalue weighted by Gasteiger charge is -2.24. The van der Waals surface area contributed by atoms with Crippen LogP contribution < -0.4 is 0 Å². The maximum Gasteiger partial charge on any atom is 0.475 e. The molecular weight excluding hydrogens is 1060 g/mol. The number of phosphoric acid groups is 2. The van der Waals surface area contributed by atoms with Gasteiger partial charge in [0.2, 0.25) is 0 Å². The molecule has 0 saturated carbocycles. The normalized spacial score (nSPS) is 13.9. The average Bonchev–Trinajstić information content (AvgIpc) is 3.38. The highest BCUT2D eigenvalue weighted by atomic mass is 31.2. The van der Waals surface area contributed by atoms with Crippen LogP contribution >= 0.6 is 15.6 Å². The van der Waals surface area contributed by atoms with Crippen molar-refractivity contribution in [2.24, 2.45) is 0 Å². The zero-order chi connectivity index (χ0) is 56.1. The van der Waals surface area contributed by atoms with Crippen LogP contribution in [-0.4, -0.2) is 268 Å². The molecule has 4 N–H and O–H groups in total. The maximum absolute atomic E-state index is 13.6. The largest absolute Gasteiger partial charge is 0.475 e. The van der Waals surface area contributed by atoms with E-state index in [0.29, 0.717) is 0 Å². The fourth-order valence-corrected chi connectivity index (χ4v) is 7.76. The Bertz CT molecular complexity index is 1390. The van der Waals surface area contributed by atoms with Crippen LogP contribution in [0.1, 0.15) is 33.6 Å². The van der Waals surface area contributed by atoms with Crippen LogP contribution in [0.5, 0.6) is 0 Å². The number of aliphatic hydroxyl groups is 4. The Kier molecular flexibility index (Phi) is 51.0. The molecule has 0 spiro atoms. The Balaban J connectivity index is 5.21. The number of rotatable bonds is 59. The van der Waals surface area contributed by atoms with Crippen LogP contribution in [-0.2, 0) is 107 Å². The smallest absolute Gasteiger partial charge is 0.458 e. The van der Waals surface area contributed by atoms with E-state index >= 15 is 0 Å². The van der Waals surface area contributed by atoms with Crippen molar-refractivity contribution < 1.29 is 128 Å². The van der Waals surface area contributed by atoms with E-state index in [1.807, 2.05) is 12.1 Å². The number of hydrogen-bond acceptors (Lipinski definition) is 29. The molecular formula is C45H86N2O27P2. The summed E-state index contributed by atoms with van der Waals surface area (Å²) in [6.07, 6.45) is -2.81. The molecule has 0 amide bonds. The van der Waals surface area contributed by atoms with Crippen molar-refractivity contribution in [3.8, 4) is 12.1 Å². The second-order valence-electron chi connectivity index (χ2n) is 16.0. The second kappa shape index (κ2) is 52.4. The molecule has 0 fully saturated rings. The summed E-state index contributed by atoms with van der Waals surface area (Å²) in [4.78, 5) is 12.4. The topological polar surface area (TPSA) is 364 Å². The third kappa shape index (κ3) is 49.1. The van der Waals surface area contributed by atoms with Gasteiger partial charge in [-0.05, 0) is 20.8 Å². The number of nitriles is 2. The molecule has 0 rings (SSSR count). The fourth-order valence-electron chi connectivity index (χ4n) is 5.17. The van der Waals surface area contributed by atoms with Crippen molar-refractivity contribution in [1.82, 2.24) is 0 Å². The number of ether oxygens (including phenoxy) is 14. The summed E-state index contributed by atoms with van der Waals surface area (Å²) in [5, 5.41) is 53.6. The molecule has 2 atom stereocenters. The van der Waals surface area contributed by atoms with E-state index in [4.69, 9.17) is 124 Å². The van der Waals surface area contributed by atoms with Gasteiger partial charge in [0.1, 0.15) is 30.5 Å². The highest BCUT2D eigenvalue weighted by molar-refractivity contribution is 7.48. The van der Waals surface area contributed by atoms with E-state index in [2.05, 4.69) is 0 Å². The van der Waals surface area contributed by atoms with Gasteiger partial charge < -0.3 is 86.7 Å². The first-order chi connectivity index (χ1) is 36.8. The Morgan fingerprint density at radius 1 is 0.408 bits per heavy atom. The summed E-state index contributed by atoms with van der Waals surface area (Å²) in [7, 11) is -8.56. The summed E-state index contributed by atoms with van der Waals surface area (Å²) < 4.78 is 137. The molecule has 0 aliphatic carbocycles. The van der Waals surface area contributed by atoms with Gasteiger partial charge in [0.05, 0.1) is 236 Å². The number of aliphatic hydroxyl groups excluding tert-OH is 4. The maximum atomic E-state index is 13.6. The van der Waals surface area contributed by atoms with Gasteiger partial charge in [0.25, 0.3) is 0 Å². The Hall–Kier alpha value is -2.01. The molecule has 0 heterocycles. The zero-order valence-corrected chi connectivity index (χ0v) is 46.2. The van der Waals surface area contributed by atoms with Crippen LogP contribution in [0.25, 0.3) is 0 Å². The number of esters is 1. The Labute approximate surface area is 446 Å². The molecule has 0 aliphatic rings. The minimum atomic E-state index is -4.28. The molecule has 29 nitrogen and oxygen atoms in total. The highest BCUT2D eigenvalue weighted by Gasteiger charge is 2.33. The lowest BCUT2D eigenvalue weighted by molar-refractivity contribution is -0.165. The van der Waals surface area contributed by atoms with Gasteiger partial charge in [0, 0.05) is 0 Å². The Morgan fingerprint density at radius 3 is 0.961 bits per heavy atom. The number of nitrogens with zero attached hydrogens (tertiary/aromatic N) is 2. The minimum Gasteiger partial charge on any atom is -0.458 e. The standard InChI is InChI=1S/C45H86N2O27P2/c1-45(2,3)72-44(52)40-67-41(34-61-28-22-59-30-32-70-75(53,68-12-4-6-46)73-42(36-63-24-18-55-14-8-48)37-64-25-19-56-15-9-49)35-62-29-23-60-31-33-71-76(54,69-13-5-7-47)74-43(38-65-26-20-57-16-10-50)39-66-27-21-58-17-11-51/h41-43,48-51H,4-5,8-40H2,1-3H3. The van der Waals surface area contributed by atoms with Gasteiger partial charge >= 0.3 is 21.6 Å². The Morgan fingerprint density at radius 2 is 0.671 bits per heavy atom. The fraction of sp³-hybridized carbons (Fsp3) is 0.933. The first kappa shape index (κ1) is 74.0. The second-order valence-corrected chi connectivity index (χ2v) is 19.3. The zero-order valence-electron chi connectivity index (χ0n) is 44.4. The van der Waals surface area contributed by atoms with Crippen molar-refractivity contribution >= 4 is 21.6 Å².